The van der Waals surface area contributed by atoms with Crippen LogP contribution in [0.3, 0.4) is 0 Å². The third-order valence-electron chi connectivity index (χ3n) is 3.94. The predicted molar refractivity (Wildman–Crippen MR) is 104 cm³/mol. The lowest BCUT2D eigenvalue weighted by Crippen LogP contribution is -2.50. The zero-order chi connectivity index (χ0) is 13.0. The van der Waals surface area contributed by atoms with Crippen LogP contribution in [0, 0.1) is 0 Å². The molecule has 4 heteroatoms. The van der Waals surface area contributed by atoms with Gasteiger partial charge in [-0.2, -0.15) is 19.8 Å². The highest BCUT2D eigenvalue weighted by Gasteiger charge is 2.24. The smallest absolute Gasteiger partial charge is 0.0786 e. The molecule has 0 rings (SSSR count). The average Bonchev–Trinajstić information content (AvgIpc) is 2.37. The SMILES string of the molecule is CCCC[N+](CCCC)(CCCC)CCCC.P.P.[OH-]. The average molecular weight is 327 g/mol. The Kier molecular flexibility index (Phi) is 28.6. The van der Waals surface area contributed by atoms with E-state index in [0.717, 1.165) is 0 Å². The van der Waals surface area contributed by atoms with Crippen molar-refractivity contribution in [2.24, 2.45) is 0 Å². The summed E-state index contributed by atoms with van der Waals surface area (Å²) in [7, 11) is 0. The molecular formula is C16H43NOP2. The van der Waals surface area contributed by atoms with Gasteiger partial charge in [0.25, 0.3) is 0 Å². The molecule has 2 atom stereocenters. The first-order chi connectivity index (χ1) is 8.24. The standard InChI is InChI=1S/C16H36N.H2O.2H3P/c1-5-9-13-17(14-10-6-2,15-11-7-3)16-12-8-4;;;/h5-16H2,1-4H3;1H2;2*1H3/q+1;;;/p-1. The third-order valence-corrected chi connectivity index (χ3v) is 3.94. The summed E-state index contributed by atoms with van der Waals surface area (Å²) in [5.41, 5.74) is 0. The van der Waals surface area contributed by atoms with Gasteiger partial charge in [-0.1, -0.05) is 53.4 Å². The first kappa shape index (κ1) is 28.9. The van der Waals surface area contributed by atoms with Gasteiger partial charge in [0.15, 0.2) is 0 Å². The van der Waals surface area contributed by atoms with Gasteiger partial charge < -0.3 is 9.96 Å². The molecule has 0 saturated carbocycles. The summed E-state index contributed by atoms with van der Waals surface area (Å²) in [6.45, 7) is 15.0. The Labute approximate surface area is 135 Å². The van der Waals surface area contributed by atoms with Crippen LogP contribution in [0.15, 0.2) is 0 Å². The summed E-state index contributed by atoms with van der Waals surface area (Å²) in [5.74, 6) is 0. The van der Waals surface area contributed by atoms with E-state index in [4.69, 9.17) is 0 Å². The first-order valence-electron chi connectivity index (χ1n) is 8.09. The van der Waals surface area contributed by atoms with E-state index in [1.54, 1.807) is 0 Å². The van der Waals surface area contributed by atoms with Crippen molar-refractivity contribution in [1.82, 2.24) is 0 Å². The molecule has 0 aromatic heterocycles. The maximum atomic E-state index is 2.33. The van der Waals surface area contributed by atoms with Crippen molar-refractivity contribution in [3.05, 3.63) is 0 Å². The van der Waals surface area contributed by atoms with E-state index in [9.17, 15) is 0 Å². The molecule has 0 fully saturated rings. The fraction of sp³-hybridized carbons (Fsp3) is 1.00. The number of hydrogen-bond acceptors (Lipinski definition) is 1. The van der Waals surface area contributed by atoms with Crippen molar-refractivity contribution in [1.29, 1.82) is 0 Å². The highest BCUT2D eigenvalue weighted by atomic mass is 31.0. The molecule has 1 N–H and O–H groups in total. The van der Waals surface area contributed by atoms with Gasteiger partial charge in [0.1, 0.15) is 0 Å². The van der Waals surface area contributed by atoms with Gasteiger partial charge in [0.05, 0.1) is 26.2 Å². The monoisotopic (exact) mass is 327 g/mol. The lowest BCUT2D eigenvalue weighted by atomic mass is 10.1. The van der Waals surface area contributed by atoms with Crippen LogP contribution in [0.25, 0.3) is 0 Å². The highest BCUT2D eigenvalue weighted by molar-refractivity contribution is 6.92. The minimum atomic E-state index is 0. The van der Waals surface area contributed by atoms with Gasteiger partial charge >= 0.3 is 0 Å². The molecule has 0 aliphatic rings. The van der Waals surface area contributed by atoms with Gasteiger partial charge in [-0.3, -0.25) is 0 Å². The van der Waals surface area contributed by atoms with Gasteiger partial charge in [0.2, 0.25) is 0 Å². The Morgan fingerprint density at radius 1 is 0.500 bits per heavy atom. The van der Waals surface area contributed by atoms with Crippen molar-refractivity contribution < 1.29 is 9.96 Å². The Morgan fingerprint density at radius 3 is 0.850 bits per heavy atom. The molecule has 0 aromatic carbocycles. The van der Waals surface area contributed by atoms with E-state index in [-0.39, 0.29) is 25.3 Å². The molecular weight excluding hydrogens is 284 g/mol. The van der Waals surface area contributed by atoms with Crippen LogP contribution < -0.4 is 0 Å². The Balaban J connectivity index is -0.000000427. The molecule has 2 unspecified atom stereocenters. The normalized spacial score (nSPS) is 10.2. The van der Waals surface area contributed by atoms with Crippen LogP contribution in [0.4, 0.5) is 0 Å². The Hall–Kier alpha value is 0.780. The second kappa shape index (κ2) is 19.8. The second-order valence-electron chi connectivity index (χ2n) is 5.65. The fourth-order valence-corrected chi connectivity index (χ4v) is 2.64. The van der Waals surface area contributed by atoms with Gasteiger partial charge in [0, 0.05) is 0 Å². The van der Waals surface area contributed by atoms with Gasteiger partial charge in [-0.25, -0.2) is 0 Å². The molecule has 2 nitrogen and oxygen atoms in total. The van der Waals surface area contributed by atoms with Gasteiger partial charge in [-0.15, -0.1) is 0 Å². The van der Waals surface area contributed by atoms with Crippen LogP contribution in [-0.2, 0) is 0 Å². The second-order valence-corrected chi connectivity index (χ2v) is 5.65. The largest absolute Gasteiger partial charge is 0.870 e. The van der Waals surface area contributed by atoms with Crippen molar-refractivity contribution in [3.63, 3.8) is 0 Å². The minimum Gasteiger partial charge on any atom is -0.870 e. The molecule has 0 spiro atoms. The van der Waals surface area contributed by atoms with Crippen molar-refractivity contribution in [2.45, 2.75) is 79.1 Å². The van der Waals surface area contributed by atoms with Crippen molar-refractivity contribution in [2.75, 3.05) is 26.2 Å². The summed E-state index contributed by atoms with van der Waals surface area (Å²) in [5, 5.41) is 0. The molecule has 0 amide bonds. The zero-order valence-electron chi connectivity index (χ0n) is 14.8. The Morgan fingerprint density at radius 2 is 0.700 bits per heavy atom. The highest BCUT2D eigenvalue weighted by Crippen LogP contribution is 2.16. The molecule has 0 radical (unpaired) electrons. The van der Waals surface area contributed by atoms with E-state index in [2.05, 4.69) is 27.7 Å². The van der Waals surface area contributed by atoms with Crippen molar-refractivity contribution in [3.8, 4) is 0 Å². The molecule has 0 saturated heterocycles. The molecule has 0 aliphatic heterocycles. The third kappa shape index (κ3) is 13.7. The topological polar surface area (TPSA) is 30.0 Å². The number of rotatable bonds is 12. The maximum Gasteiger partial charge on any atom is 0.0786 e. The van der Waals surface area contributed by atoms with Gasteiger partial charge in [-0.05, 0) is 25.7 Å². The first-order valence-corrected chi connectivity index (χ1v) is 8.09. The van der Waals surface area contributed by atoms with E-state index < -0.39 is 0 Å². The molecule has 20 heavy (non-hydrogen) atoms. The van der Waals surface area contributed by atoms with E-state index >= 15 is 0 Å². The molecule has 0 aromatic rings. The van der Waals surface area contributed by atoms with Crippen LogP contribution in [0.5, 0.6) is 0 Å². The quantitative estimate of drug-likeness (QED) is 0.369. The minimum absolute atomic E-state index is 0. The summed E-state index contributed by atoms with van der Waals surface area (Å²) < 4.78 is 1.42. The Bertz CT molecular complexity index is 131. The molecule has 0 heterocycles. The van der Waals surface area contributed by atoms with Crippen LogP contribution in [0.2, 0.25) is 0 Å². The summed E-state index contributed by atoms with van der Waals surface area (Å²) in [6.07, 6.45) is 11.1. The van der Waals surface area contributed by atoms with E-state index in [0.29, 0.717) is 0 Å². The predicted octanol–water partition coefficient (Wildman–Crippen LogP) is 4.94. The van der Waals surface area contributed by atoms with E-state index in [1.807, 2.05) is 0 Å². The van der Waals surface area contributed by atoms with Crippen LogP contribution in [-0.4, -0.2) is 36.1 Å². The number of unbranched alkanes of at least 4 members (excludes halogenated alkanes) is 4. The lowest BCUT2D eigenvalue weighted by molar-refractivity contribution is -0.929. The van der Waals surface area contributed by atoms with Crippen molar-refractivity contribution >= 4 is 19.8 Å². The molecule has 0 bridgehead atoms. The summed E-state index contributed by atoms with van der Waals surface area (Å²) in [4.78, 5) is 0. The fourth-order valence-electron chi connectivity index (χ4n) is 2.64. The number of quaternary nitrogens is 1. The number of hydrogen-bond donors (Lipinski definition) is 0. The summed E-state index contributed by atoms with van der Waals surface area (Å²) in [6, 6.07) is 0. The lowest BCUT2D eigenvalue weighted by Gasteiger charge is -2.39. The van der Waals surface area contributed by atoms with Crippen LogP contribution in [0.1, 0.15) is 79.1 Å². The zero-order valence-corrected chi connectivity index (χ0v) is 17.6. The van der Waals surface area contributed by atoms with Crippen LogP contribution >= 0.6 is 19.8 Å². The molecule has 128 valence electrons. The van der Waals surface area contributed by atoms with E-state index in [1.165, 1.54) is 82.0 Å². The summed E-state index contributed by atoms with van der Waals surface area (Å²) >= 11 is 0. The molecule has 0 aliphatic carbocycles. The maximum absolute atomic E-state index is 2.33. The number of nitrogens with zero attached hydrogens (tertiary/aromatic N) is 1.